The van der Waals surface area contributed by atoms with Crippen LogP contribution in [-0.2, 0) is 26.0 Å². The molecule has 1 aliphatic rings. The van der Waals surface area contributed by atoms with E-state index in [1.807, 2.05) is 13.8 Å². The summed E-state index contributed by atoms with van der Waals surface area (Å²) in [5.41, 5.74) is 2.05. The van der Waals surface area contributed by atoms with E-state index in [1.54, 1.807) is 41.3 Å². The average Bonchev–Trinajstić information content (AvgIpc) is 2.74. The van der Waals surface area contributed by atoms with E-state index >= 15 is 0 Å². The van der Waals surface area contributed by atoms with Crippen LogP contribution in [0.15, 0.2) is 47.4 Å². The third-order valence-electron chi connectivity index (χ3n) is 4.84. The second-order valence-electron chi connectivity index (χ2n) is 7.25. The van der Waals surface area contributed by atoms with Crippen molar-refractivity contribution < 1.29 is 22.7 Å². The summed E-state index contributed by atoms with van der Waals surface area (Å²) in [6.07, 6.45) is 1.17. The fourth-order valence-electron chi connectivity index (χ4n) is 3.17. The number of nitrogens with zero attached hydrogens (tertiary/aromatic N) is 1. The smallest absolute Gasteiger partial charge is 0.261 e. The topological polar surface area (TPSA) is 84.9 Å². The molecule has 2 aromatic carbocycles. The van der Waals surface area contributed by atoms with Crippen LogP contribution < -0.4 is 9.46 Å². The van der Waals surface area contributed by atoms with Crippen LogP contribution in [0.3, 0.4) is 0 Å². The van der Waals surface area contributed by atoms with Crippen molar-refractivity contribution >= 4 is 21.6 Å². The number of morpholine rings is 1. The Balaban J connectivity index is 1.64. The fourth-order valence-corrected chi connectivity index (χ4v) is 4.31. The van der Waals surface area contributed by atoms with Crippen molar-refractivity contribution in [3.8, 4) is 5.75 Å². The first-order valence-corrected chi connectivity index (χ1v) is 11.6. The van der Waals surface area contributed by atoms with Crippen LogP contribution in [0.5, 0.6) is 5.75 Å². The highest BCUT2D eigenvalue weighted by atomic mass is 32.2. The predicted octanol–water partition coefficient (Wildman–Crippen LogP) is 2.99. The minimum atomic E-state index is -3.72. The van der Waals surface area contributed by atoms with Crippen molar-refractivity contribution in [1.82, 2.24) is 4.90 Å². The standard InChI is InChI=1S/C22H28N2O5S/c1-3-12-29-21-9-8-20(15-17(21)2)30(26,27)23-19-6-4-18(5-7-19)16-22(25)24-10-13-28-14-11-24/h4-9,15,23H,3,10-14,16H2,1-2H3. The highest BCUT2D eigenvalue weighted by molar-refractivity contribution is 7.92. The number of carbonyl (C=O) groups excluding carboxylic acids is 1. The molecule has 0 saturated carbocycles. The Hall–Kier alpha value is -2.58. The SMILES string of the molecule is CCCOc1ccc(S(=O)(=O)Nc2ccc(CC(=O)N3CCOCC3)cc2)cc1C. The number of hydrogen-bond donors (Lipinski definition) is 1. The van der Waals surface area contributed by atoms with E-state index < -0.39 is 10.0 Å². The Kier molecular flexibility index (Phi) is 7.33. The fraction of sp³-hybridized carbons (Fsp3) is 0.409. The summed E-state index contributed by atoms with van der Waals surface area (Å²) < 4.78 is 38.9. The number of nitrogens with one attached hydrogen (secondary N) is 1. The summed E-state index contributed by atoms with van der Waals surface area (Å²) >= 11 is 0. The molecule has 1 N–H and O–H groups in total. The Labute approximate surface area is 178 Å². The maximum absolute atomic E-state index is 12.7. The minimum Gasteiger partial charge on any atom is -0.493 e. The van der Waals surface area contributed by atoms with E-state index in [0.29, 0.717) is 44.3 Å². The first-order chi connectivity index (χ1) is 14.4. The summed E-state index contributed by atoms with van der Waals surface area (Å²) in [6.45, 7) is 6.78. The normalized spacial score (nSPS) is 14.4. The van der Waals surface area contributed by atoms with Gasteiger partial charge in [0.15, 0.2) is 0 Å². The maximum Gasteiger partial charge on any atom is 0.261 e. The third-order valence-corrected chi connectivity index (χ3v) is 6.22. The second kappa shape index (κ2) is 9.95. The molecule has 8 heteroatoms. The molecule has 7 nitrogen and oxygen atoms in total. The van der Waals surface area contributed by atoms with Crippen molar-refractivity contribution in [3.05, 3.63) is 53.6 Å². The van der Waals surface area contributed by atoms with Crippen molar-refractivity contribution in [2.24, 2.45) is 0 Å². The van der Waals surface area contributed by atoms with E-state index in [0.717, 1.165) is 17.5 Å². The number of rotatable bonds is 8. The van der Waals surface area contributed by atoms with Crippen molar-refractivity contribution in [3.63, 3.8) is 0 Å². The van der Waals surface area contributed by atoms with Crippen LogP contribution in [0.2, 0.25) is 0 Å². The van der Waals surface area contributed by atoms with Crippen LogP contribution in [0, 0.1) is 6.92 Å². The number of benzene rings is 2. The molecule has 3 rings (SSSR count). The van der Waals surface area contributed by atoms with Gasteiger partial charge in [-0.3, -0.25) is 9.52 Å². The number of ether oxygens (including phenoxy) is 2. The first-order valence-electron chi connectivity index (χ1n) is 10.1. The van der Waals surface area contributed by atoms with Gasteiger partial charge in [-0.2, -0.15) is 0 Å². The number of anilines is 1. The van der Waals surface area contributed by atoms with Gasteiger partial charge >= 0.3 is 0 Å². The Bertz CT molecular complexity index is 968. The lowest BCUT2D eigenvalue weighted by Gasteiger charge is -2.26. The highest BCUT2D eigenvalue weighted by Gasteiger charge is 2.18. The monoisotopic (exact) mass is 432 g/mol. The molecule has 0 atom stereocenters. The molecule has 2 aromatic rings. The summed E-state index contributed by atoms with van der Waals surface area (Å²) in [5.74, 6) is 0.734. The molecule has 162 valence electrons. The lowest BCUT2D eigenvalue weighted by molar-refractivity contribution is -0.134. The Morgan fingerprint density at radius 3 is 2.47 bits per heavy atom. The molecule has 1 fully saturated rings. The number of sulfonamides is 1. The van der Waals surface area contributed by atoms with Gasteiger partial charge in [-0.1, -0.05) is 19.1 Å². The van der Waals surface area contributed by atoms with E-state index in [1.165, 1.54) is 6.07 Å². The van der Waals surface area contributed by atoms with Gasteiger partial charge in [0.05, 0.1) is 31.1 Å². The molecular weight excluding hydrogens is 404 g/mol. The molecule has 0 radical (unpaired) electrons. The van der Waals surface area contributed by atoms with Gasteiger partial charge in [-0.25, -0.2) is 8.42 Å². The number of aryl methyl sites for hydroxylation is 1. The van der Waals surface area contributed by atoms with Gasteiger partial charge in [0.1, 0.15) is 5.75 Å². The lowest BCUT2D eigenvalue weighted by Crippen LogP contribution is -2.41. The minimum absolute atomic E-state index is 0.0486. The number of hydrogen-bond acceptors (Lipinski definition) is 5. The van der Waals surface area contributed by atoms with Crippen LogP contribution in [0.4, 0.5) is 5.69 Å². The zero-order chi connectivity index (χ0) is 21.6. The molecule has 1 heterocycles. The summed E-state index contributed by atoms with van der Waals surface area (Å²) in [6, 6.07) is 11.7. The van der Waals surface area contributed by atoms with Crippen molar-refractivity contribution in [1.29, 1.82) is 0 Å². The predicted molar refractivity (Wildman–Crippen MR) is 115 cm³/mol. The van der Waals surface area contributed by atoms with Crippen LogP contribution >= 0.6 is 0 Å². The Morgan fingerprint density at radius 2 is 1.83 bits per heavy atom. The van der Waals surface area contributed by atoms with E-state index in [2.05, 4.69) is 4.72 Å². The summed E-state index contributed by atoms with van der Waals surface area (Å²) in [7, 11) is -3.72. The van der Waals surface area contributed by atoms with E-state index in [4.69, 9.17) is 9.47 Å². The summed E-state index contributed by atoms with van der Waals surface area (Å²) in [5, 5.41) is 0. The number of carbonyl (C=O) groups is 1. The van der Waals surface area contributed by atoms with Crippen LogP contribution in [0.1, 0.15) is 24.5 Å². The lowest BCUT2D eigenvalue weighted by atomic mass is 10.1. The van der Waals surface area contributed by atoms with Gasteiger partial charge in [0.25, 0.3) is 10.0 Å². The molecule has 0 bridgehead atoms. The molecule has 30 heavy (non-hydrogen) atoms. The molecule has 1 aliphatic heterocycles. The molecule has 0 unspecified atom stereocenters. The largest absolute Gasteiger partial charge is 0.493 e. The molecule has 1 saturated heterocycles. The van der Waals surface area contributed by atoms with Crippen LogP contribution in [0.25, 0.3) is 0 Å². The maximum atomic E-state index is 12.7. The first kappa shape index (κ1) is 22.1. The number of amides is 1. The zero-order valence-electron chi connectivity index (χ0n) is 17.4. The zero-order valence-corrected chi connectivity index (χ0v) is 18.2. The highest BCUT2D eigenvalue weighted by Crippen LogP contribution is 2.24. The average molecular weight is 433 g/mol. The van der Waals surface area contributed by atoms with Gasteiger partial charge in [-0.05, 0) is 54.8 Å². The van der Waals surface area contributed by atoms with Crippen LogP contribution in [-0.4, -0.2) is 52.1 Å². The molecule has 0 aromatic heterocycles. The van der Waals surface area contributed by atoms with E-state index in [9.17, 15) is 13.2 Å². The molecule has 1 amide bonds. The van der Waals surface area contributed by atoms with Gasteiger partial charge in [0, 0.05) is 18.8 Å². The van der Waals surface area contributed by atoms with E-state index in [-0.39, 0.29) is 17.2 Å². The van der Waals surface area contributed by atoms with Crippen molar-refractivity contribution in [2.45, 2.75) is 31.6 Å². The molecule has 0 spiro atoms. The quantitative estimate of drug-likeness (QED) is 0.693. The Morgan fingerprint density at radius 1 is 1.13 bits per heavy atom. The van der Waals surface area contributed by atoms with Gasteiger partial charge < -0.3 is 14.4 Å². The van der Waals surface area contributed by atoms with Gasteiger partial charge in [0.2, 0.25) is 5.91 Å². The second-order valence-corrected chi connectivity index (χ2v) is 8.93. The van der Waals surface area contributed by atoms with Crippen molar-refractivity contribution in [2.75, 3.05) is 37.6 Å². The summed E-state index contributed by atoms with van der Waals surface area (Å²) in [4.78, 5) is 14.3. The molecular formula is C22H28N2O5S. The third kappa shape index (κ3) is 5.73. The van der Waals surface area contributed by atoms with Gasteiger partial charge in [-0.15, -0.1) is 0 Å². The molecule has 0 aliphatic carbocycles.